The van der Waals surface area contributed by atoms with E-state index in [4.69, 9.17) is 4.74 Å². The van der Waals surface area contributed by atoms with Gasteiger partial charge >= 0.3 is 6.03 Å². The first kappa shape index (κ1) is 18.8. The van der Waals surface area contributed by atoms with E-state index in [0.717, 1.165) is 29.1 Å². The summed E-state index contributed by atoms with van der Waals surface area (Å²) < 4.78 is 6.02. The van der Waals surface area contributed by atoms with Gasteiger partial charge in [-0.05, 0) is 49.1 Å². The van der Waals surface area contributed by atoms with Crippen LogP contribution in [0.2, 0.25) is 0 Å². The quantitative estimate of drug-likeness (QED) is 0.780. The van der Waals surface area contributed by atoms with Crippen LogP contribution in [0.4, 0.5) is 10.5 Å². The van der Waals surface area contributed by atoms with E-state index in [0.29, 0.717) is 5.92 Å². The molecule has 2 aromatic rings. The van der Waals surface area contributed by atoms with Crippen molar-refractivity contribution in [1.82, 2.24) is 4.90 Å². The number of benzene rings is 2. The van der Waals surface area contributed by atoms with Gasteiger partial charge in [-0.3, -0.25) is 0 Å². The van der Waals surface area contributed by atoms with Crippen LogP contribution in [0.15, 0.2) is 48.5 Å². The van der Waals surface area contributed by atoms with Crippen LogP contribution in [-0.2, 0) is 0 Å². The molecule has 0 saturated carbocycles. The van der Waals surface area contributed by atoms with Crippen molar-refractivity contribution in [3.63, 3.8) is 0 Å². The lowest BCUT2D eigenvalue weighted by Crippen LogP contribution is -2.34. The summed E-state index contributed by atoms with van der Waals surface area (Å²) in [4.78, 5) is 13.9. The first-order chi connectivity index (χ1) is 11.9. The first-order valence-corrected chi connectivity index (χ1v) is 8.71. The van der Waals surface area contributed by atoms with Crippen LogP contribution in [-0.4, -0.2) is 24.5 Å². The number of urea groups is 1. The molecular formula is C21H28N2O2. The van der Waals surface area contributed by atoms with Crippen molar-refractivity contribution >= 4 is 11.7 Å². The van der Waals surface area contributed by atoms with Crippen LogP contribution in [0.5, 0.6) is 5.75 Å². The second-order valence-electron chi connectivity index (χ2n) is 6.85. The van der Waals surface area contributed by atoms with Crippen LogP contribution < -0.4 is 10.1 Å². The molecule has 0 aliphatic rings. The van der Waals surface area contributed by atoms with E-state index >= 15 is 0 Å². The molecule has 134 valence electrons. The molecule has 0 bridgehead atoms. The molecule has 25 heavy (non-hydrogen) atoms. The minimum absolute atomic E-state index is 0.0294. The van der Waals surface area contributed by atoms with Crippen molar-refractivity contribution in [3.05, 3.63) is 59.7 Å². The van der Waals surface area contributed by atoms with Gasteiger partial charge in [-0.2, -0.15) is 0 Å². The lowest BCUT2D eigenvalue weighted by Gasteiger charge is -2.21. The lowest BCUT2D eigenvalue weighted by molar-refractivity contribution is 0.217. The number of hydrogen-bond donors (Lipinski definition) is 1. The van der Waals surface area contributed by atoms with Crippen LogP contribution >= 0.6 is 0 Å². The molecule has 4 heteroatoms. The Morgan fingerprint density at radius 2 is 1.80 bits per heavy atom. The molecule has 1 unspecified atom stereocenters. The summed E-state index contributed by atoms with van der Waals surface area (Å²) >= 11 is 0. The summed E-state index contributed by atoms with van der Waals surface area (Å²) in [7, 11) is 1.81. The SMILES string of the molecule is Cc1cc(OC(C)c2ccccc2)ccc1NC(=O)N(C)CC(C)C. The molecule has 2 rings (SSSR count). The highest BCUT2D eigenvalue weighted by molar-refractivity contribution is 5.90. The molecule has 0 spiro atoms. The number of rotatable bonds is 6. The molecule has 0 aromatic heterocycles. The molecule has 0 heterocycles. The zero-order chi connectivity index (χ0) is 18.4. The number of hydrogen-bond acceptors (Lipinski definition) is 2. The van der Waals surface area contributed by atoms with Gasteiger partial charge in [0.2, 0.25) is 0 Å². The highest BCUT2D eigenvalue weighted by atomic mass is 16.5. The minimum atomic E-state index is -0.0943. The Hall–Kier alpha value is -2.49. The maximum absolute atomic E-state index is 12.2. The number of ether oxygens (including phenoxy) is 1. The molecule has 4 nitrogen and oxygen atoms in total. The number of carbonyl (C=O) groups is 1. The molecule has 0 radical (unpaired) electrons. The second kappa shape index (κ2) is 8.56. The van der Waals surface area contributed by atoms with Gasteiger partial charge in [-0.25, -0.2) is 4.79 Å². The Bertz CT molecular complexity index is 698. The summed E-state index contributed by atoms with van der Waals surface area (Å²) in [6.45, 7) is 8.91. The molecule has 0 saturated heterocycles. The number of aryl methyl sites for hydroxylation is 1. The van der Waals surface area contributed by atoms with Crippen LogP contribution in [0, 0.1) is 12.8 Å². The van der Waals surface area contributed by atoms with Crippen LogP contribution in [0.25, 0.3) is 0 Å². The molecular weight excluding hydrogens is 312 g/mol. The average Bonchev–Trinajstić information content (AvgIpc) is 2.57. The number of nitrogens with one attached hydrogen (secondary N) is 1. The molecule has 0 fully saturated rings. The number of amides is 2. The maximum atomic E-state index is 12.2. The fourth-order valence-electron chi connectivity index (χ4n) is 2.69. The standard InChI is InChI=1S/C21H28N2O2/c1-15(2)14-23(5)21(24)22-20-12-11-19(13-16(20)3)25-17(4)18-9-7-6-8-10-18/h6-13,15,17H,14H2,1-5H3,(H,22,24). The van der Waals surface area contributed by atoms with E-state index < -0.39 is 0 Å². The normalized spacial score (nSPS) is 11.9. The number of carbonyl (C=O) groups excluding carboxylic acids is 1. The Labute approximate surface area is 150 Å². The fraction of sp³-hybridized carbons (Fsp3) is 0.381. The monoisotopic (exact) mass is 340 g/mol. The minimum Gasteiger partial charge on any atom is -0.486 e. The average molecular weight is 340 g/mol. The van der Waals surface area contributed by atoms with Gasteiger partial charge in [-0.1, -0.05) is 44.2 Å². The van der Waals surface area contributed by atoms with Gasteiger partial charge < -0.3 is 15.0 Å². The molecule has 2 amide bonds. The highest BCUT2D eigenvalue weighted by Crippen LogP contribution is 2.26. The van der Waals surface area contributed by atoms with Crippen molar-refractivity contribution in [3.8, 4) is 5.75 Å². The molecule has 2 aromatic carbocycles. The molecule has 1 atom stereocenters. The van der Waals surface area contributed by atoms with Gasteiger partial charge in [-0.15, -0.1) is 0 Å². The van der Waals surface area contributed by atoms with Crippen LogP contribution in [0.3, 0.4) is 0 Å². The molecule has 0 aliphatic heterocycles. The lowest BCUT2D eigenvalue weighted by atomic mass is 10.1. The predicted octanol–water partition coefficient (Wildman–Crippen LogP) is 5.25. The van der Waals surface area contributed by atoms with Gasteiger partial charge in [0.1, 0.15) is 11.9 Å². The Balaban J connectivity index is 2.01. The summed E-state index contributed by atoms with van der Waals surface area (Å²) in [5, 5.41) is 2.96. The van der Waals surface area contributed by atoms with Crippen molar-refractivity contribution in [2.45, 2.75) is 33.8 Å². The van der Waals surface area contributed by atoms with Crippen LogP contribution in [0.1, 0.15) is 38.0 Å². The van der Waals surface area contributed by atoms with E-state index in [9.17, 15) is 4.79 Å². The third kappa shape index (κ3) is 5.52. The number of nitrogens with zero attached hydrogens (tertiary/aromatic N) is 1. The van der Waals surface area contributed by atoms with Crippen molar-refractivity contribution in [2.75, 3.05) is 18.9 Å². The third-order valence-electron chi connectivity index (χ3n) is 4.01. The van der Waals surface area contributed by atoms with Gasteiger partial charge in [0, 0.05) is 19.3 Å². The Morgan fingerprint density at radius 1 is 1.12 bits per heavy atom. The van der Waals surface area contributed by atoms with Gasteiger partial charge in [0.15, 0.2) is 0 Å². The van der Waals surface area contributed by atoms with Gasteiger partial charge in [0.25, 0.3) is 0 Å². The number of anilines is 1. The van der Waals surface area contributed by atoms with E-state index in [1.54, 1.807) is 4.90 Å². The van der Waals surface area contributed by atoms with Crippen molar-refractivity contribution in [1.29, 1.82) is 0 Å². The zero-order valence-corrected chi connectivity index (χ0v) is 15.7. The van der Waals surface area contributed by atoms with E-state index in [1.165, 1.54) is 0 Å². The largest absolute Gasteiger partial charge is 0.486 e. The third-order valence-corrected chi connectivity index (χ3v) is 4.01. The van der Waals surface area contributed by atoms with E-state index in [2.05, 4.69) is 31.3 Å². The fourth-order valence-corrected chi connectivity index (χ4v) is 2.69. The van der Waals surface area contributed by atoms with Crippen molar-refractivity contribution in [2.24, 2.45) is 5.92 Å². The zero-order valence-electron chi connectivity index (χ0n) is 15.7. The van der Waals surface area contributed by atoms with Gasteiger partial charge in [0.05, 0.1) is 0 Å². The Kier molecular flexibility index (Phi) is 6.45. The maximum Gasteiger partial charge on any atom is 0.321 e. The van der Waals surface area contributed by atoms with E-state index in [-0.39, 0.29) is 12.1 Å². The highest BCUT2D eigenvalue weighted by Gasteiger charge is 2.12. The smallest absolute Gasteiger partial charge is 0.321 e. The summed E-state index contributed by atoms with van der Waals surface area (Å²) in [6.07, 6.45) is -0.0294. The predicted molar refractivity (Wildman–Crippen MR) is 103 cm³/mol. The first-order valence-electron chi connectivity index (χ1n) is 8.71. The summed E-state index contributed by atoms with van der Waals surface area (Å²) in [6, 6.07) is 15.8. The Morgan fingerprint density at radius 3 is 2.40 bits per heavy atom. The second-order valence-corrected chi connectivity index (χ2v) is 6.85. The summed E-state index contributed by atoms with van der Waals surface area (Å²) in [5.41, 5.74) is 2.91. The summed E-state index contributed by atoms with van der Waals surface area (Å²) in [5.74, 6) is 1.23. The molecule has 1 N–H and O–H groups in total. The molecule has 0 aliphatic carbocycles. The van der Waals surface area contributed by atoms with E-state index in [1.807, 2.05) is 57.3 Å². The topological polar surface area (TPSA) is 41.6 Å². The van der Waals surface area contributed by atoms with Crippen molar-refractivity contribution < 1.29 is 9.53 Å².